The summed E-state index contributed by atoms with van der Waals surface area (Å²) in [5, 5.41) is 9.42. The smallest absolute Gasteiger partial charge is 0.0731 e. The highest BCUT2D eigenvalue weighted by molar-refractivity contribution is 5.48. The lowest BCUT2D eigenvalue weighted by Gasteiger charge is -2.17. The maximum Gasteiger partial charge on any atom is 0.0731 e. The summed E-state index contributed by atoms with van der Waals surface area (Å²) in [6, 6.07) is 8.63. The van der Waals surface area contributed by atoms with Crippen LogP contribution in [0.2, 0.25) is 0 Å². The zero-order chi connectivity index (χ0) is 9.97. The number of benzene rings is 1. The van der Waals surface area contributed by atoms with Gasteiger partial charge in [0, 0.05) is 18.8 Å². The van der Waals surface area contributed by atoms with E-state index in [9.17, 15) is 5.11 Å². The predicted octanol–water partition coefficient (Wildman–Crippen LogP) is 1.82. The average Bonchev–Trinajstić information content (AvgIpc) is 2.65. The first kappa shape index (κ1) is 9.53. The summed E-state index contributed by atoms with van der Waals surface area (Å²) >= 11 is 0. The number of aryl methyl sites for hydroxylation is 1. The number of hydrogen-bond acceptors (Lipinski definition) is 2. The van der Waals surface area contributed by atoms with Crippen molar-refractivity contribution < 1.29 is 5.11 Å². The zero-order valence-corrected chi connectivity index (χ0v) is 8.61. The molecular formula is C12H17NO. The minimum Gasteiger partial charge on any atom is -0.391 e. The van der Waals surface area contributed by atoms with Crippen molar-refractivity contribution in [3.05, 3.63) is 29.8 Å². The van der Waals surface area contributed by atoms with Gasteiger partial charge in [-0.25, -0.2) is 0 Å². The Morgan fingerprint density at radius 3 is 2.57 bits per heavy atom. The predicted molar refractivity (Wildman–Crippen MR) is 58.7 cm³/mol. The van der Waals surface area contributed by atoms with Crippen LogP contribution in [-0.4, -0.2) is 24.3 Å². The van der Waals surface area contributed by atoms with Crippen molar-refractivity contribution in [3.8, 4) is 0 Å². The van der Waals surface area contributed by atoms with Gasteiger partial charge in [-0.3, -0.25) is 0 Å². The van der Waals surface area contributed by atoms with Crippen molar-refractivity contribution in [2.24, 2.45) is 0 Å². The molecular weight excluding hydrogens is 174 g/mol. The quantitative estimate of drug-likeness (QED) is 0.770. The minimum atomic E-state index is -0.138. The van der Waals surface area contributed by atoms with Crippen LogP contribution in [0.5, 0.6) is 0 Å². The van der Waals surface area contributed by atoms with E-state index in [1.165, 1.54) is 11.3 Å². The molecule has 1 heterocycles. The Labute approximate surface area is 85.2 Å². The monoisotopic (exact) mass is 191 g/mol. The van der Waals surface area contributed by atoms with Crippen LogP contribution >= 0.6 is 0 Å². The summed E-state index contributed by atoms with van der Waals surface area (Å²) in [6.45, 7) is 3.92. The van der Waals surface area contributed by atoms with Crippen LogP contribution in [0.4, 0.5) is 5.69 Å². The average molecular weight is 191 g/mol. The van der Waals surface area contributed by atoms with Gasteiger partial charge in [-0.15, -0.1) is 0 Å². The molecule has 14 heavy (non-hydrogen) atoms. The number of nitrogens with zero attached hydrogens (tertiary/aromatic N) is 1. The first-order valence-electron chi connectivity index (χ1n) is 5.31. The van der Waals surface area contributed by atoms with Crippen LogP contribution in [-0.2, 0) is 6.42 Å². The summed E-state index contributed by atoms with van der Waals surface area (Å²) in [6.07, 6.45) is 1.85. The van der Waals surface area contributed by atoms with Crippen LogP contribution in [0.25, 0.3) is 0 Å². The fourth-order valence-corrected chi connectivity index (χ4v) is 1.92. The van der Waals surface area contributed by atoms with Gasteiger partial charge in [-0.2, -0.15) is 0 Å². The summed E-state index contributed by atoms with van der Waals surface area (Å²) in [5.41, 5.74) is 2.60. The van der Waals surface area contributed by atoms with Gasteiger partial charge in [-0.1, -0.05) is 19.1 Å². The molecule has 1 saturated heterocycles. The molecule has 1 aliphatic rings. The highest BCUT2D eigenvalue weighted by Crippen LogP contribution is 2.20. The standard InChI is InChI=1S/C12H17NO/c1-2-10-3-5-11(6-4-10)13-8-7-12(14)9-13/h3-6,12,14H,2,7-9H2,1H3/t12-/m1/s1. The molecule has 0 bridgehead atoms. The Bertz CT molecular complexity index is 294. The van der Waals surface area contributed by atoms with E-state index in [2.05, 4.69) is 36.1 Å². The lowest BCUT2D eigenvalue weighted by molar-refractivity contribution is 0.198. The Morgan fingerprint density at radius 2 is 2.07 bits per heavy atom. The molecule has 0 saturated carbocycles. The maximum absolute atomic E-state index is 9.42. The molecule has 0 aliphatic carbocycles. The first-order valence-corrected chi connectivity index (χ1v) is 5.31. The van der Waals surface area contributed by atoms with Crippen LogP contribution in [0, 0.1) is 0 Å². The zero-order valence-electron chi connectivity index (χ0n) is 8.61. The molecule has 1 aliphatic heterocycles. The minimum absolute atomic E-state index is 0.138. The van der Waals surface area contributed by atoms with Gasteiger partial charge in [-0.05, 0) is 30.5 Å². The van der Waals surface area contributed by atoms with Gasteiger partial charge in [0.25, 0.3) is 0 Å². The highest BCUT2D eigenvalue weighted by atomic mass is 16.3. The van der Waals surface area contributed by atoms with Crippen molar-refractivity contribution in [2.45, 2.75) is 25.9 Å². The van der Waals surface area contributed by atoms with E-state index in [1.54, 1.807) is 0 Å². The van der Waals surface area contributed by atoms with E-state index >= 15 is 0 Å². The third-order valence-corrected chi connectivity index (χ3v) is 2.87. The fraction of sp³-hybridized carbons (Fsp3) is 0.500. The summed E-state index contributed by atoms with van der Waals surface area (Å²) in [4.78, 5) is 2.24. The summed E-state index contributed by atoms with van der Waals surface area (Å²) < 4.78 is 0. The molecule has 0 aromatic heterocycles. The molecule has 0 unspecified atom stereocenters. The van der Waals surface area contributed by atoms with E-state index in [1.807, 2.05) is 0 Å². The van der Waals surface area contributed by atoms with Gasteiger partial charge in [0.2, 0.25) is 0 Å². The second kappa shape index (κ2) is 4.01. The first-order chi connectivity index (χ1) is 6.79. The number of aliphatic hydroxyl groups excluding tert-OH is 1. The van der Waals surface area contributed by atoms with E-state index in [-0.39, 0.29) is 6.10 Å². The molecule has 76 valence electrons. The normalized spacial score (nSPS) is 21.6. The summed E-state index contributed by atoms with van der Waals surface area (Å²) in [5.74, 6) is 0. The number of aliphatic hydroxyl groups is 1. The van der Waals surface area contributed by atoms with Crippen molar-refractivity contribution in [2.75, 3.05) is 18.0 Å². The van der Waals surface area contributed by atoms with Crippen LogP contribution < -0.4 is 4.90 Å². The van der Waals surface area contributed by atoms with Gasteiger partial charge in [0.15, 0.2) is 0 Å². The lowest BCUT2D eigenvalue weighted by Crippen LogP contribution is -2.20. The topological polar surface area (TPSA) is 23.5 Å². The molecule has 0 spiro atoms. The molecule has 2 rings (SSSR count). The lowest BCUT2D eigenvalue weighted by atomic mass is 10.1. The van der Waals surface area contributed by atoms with E-state index in [4.69, 9.17) is 0 Å². The van der Waals surface area contributed by atoms with E-state index < -0.39 is 0 Å². The van der Waals surface area contributed by atoms with Crippen LogP contribution in [0.3, 0.4) is 0 Å². The van der Waals surface area contributed by atoms with Gasteiger partial charge >= 0.3 is 0 Å². The number of rotatable bonds is 2. The molecule has 1 fully saturated rings. The SMILES string of the molecule is CCc1ccc(N2CC[C@@H](O)C2)cc1. The van der Waals surface area contributed by atoms with Crippen LogP contribution in [0.15, 0.2) is 24.3 Å². The van der Waals surface area contributed by atoms with Gasteiger partial charge in [0.05, 0.1) is 6.10 Å². The number of hydrogen-bond donors (Lipinski definition) is 1. The third kappa shape index (κ3) is 1.90. The Morgan fingerprint density at radius 1 is 1.36 bits per heavy atom. The second-order valence-electron chi connectivity index (χ2n) is 3.91. The van der Waals surface area contributed by atoms with Gasteiger partial charge in [0.1, 0.15) is 0 Å². The van der Waals surface area contributed by atoms with Crippen molar-refractivity contribution in [1.82, 2.24) is 0 Å². The molecule has 2 heteroatoms. The van der Waals surface area contributed by atoms with Crippen molar-refractivity contribution >= 4 is 5.69 Å². The molecule has 1 aromatic carbocycles. The van der Waals surface area contributed by atoms with E-state index in [0.717, 1.165) is 25.9 Å². The molecule has 1 atom stereocenters. The Balaban J connectivity index is 2.09. The van der Waals surface area contributed by atoms with E-state index in [0.29, 0.717) is 0 Å². The molecule has 0 radical (unpaired) electrons. The largest absolute Gasteiger partial charge is 0.391 e. The highest BCUT2D eigenvalue weighted by Gasteiger charge is 2.19. The second-order valence-corrected chi connectivity index (χ2v) is 3.91. The van der Waals surface area contributed by atoms with Crippen molar-refractivity contribution in [3.63, 3.8) is 0 Å². The number of anilines is 1. The fourth-order valence-electron chi connectivity index (χ4n) is 1.92. The molecule has 2 nitrogen and oxygen atoms in total. The van der Waals surface area contributed by atoms with Crippen molar-refractivity contribution in [1.29, 1.82) is 0 Å². The molecule has 1 N–H and O–H groups in total. The molecule has 1 aromatic rings. The molecule has 0 amide bonds. The third-order valence-electron chi connectivity index (χ3n) is 2.87. The van der Waals surface area contributed by atoms with Gasteiger partial charge < -0.3 is 10.0 Å². The number of β-amino-alcohol motifs (C(OH)–C–C–N with tert-alkyl or cyclic N) is 1. The Kier molecular flexibility index (Phi) is 2.73. The van der Waals surface area contributed by atoms with Crippen LogP contribution in [0.1, 0.15) is 18.9 Å². The Hall–Kier alpha value is -1.02. The summed E-state index contributed by atoms with van der Waals surface area (Å²) in [7, 11) is 0. The maximum atomic E-state index is 9.42.